The van der Waals surface area contributed by atoms with Crippen LogP contribution < -0.4 is 10.6 Å². The van der Waals surface area contributed by atoms with Crippen LogP contribution in [0.2, 0.25) is 0 Å². The summed E-state index contributed by atoms with van der Waals surface area (Å²) in [7, 11) is 0. The Hall–Kier alpha value is -2.44. The molecule has 0 radical (unpaired) electrons. The number of carboxylic acids is 1. The molecule has 0 spiro atoms. The van der Waals surface area contributed by atoms with Gasteiger partial charge >= 0.3 is 5.97 Å². The van der Waals surface area contributed by atoms with Gasteiger partial charge in [0.15, 0.2) is 0 Å². The zero-order chi connectivity index (χ0) is 23.2. The molecule has 1 saturated carbocycles. The van der Waals surface area contributed by atoms with Crippen LogP contribution in [0.4, 0.5) is 5.82 Å². The van der Waals surface area contributed by atoms with Gasteiger partial charge in [0, 0.05) is 6.20 Å². The minimum Gasteiger partial charge on any atom is -0.481 e. The summed E-state index contributed by atoms with van der Waals surface area (Å²) in [5, 5.41) is 15.7. The number of rotatable bonds is 9. The molecule has 0 aliphatic heterocycles. The molecule has 1 heterocycles. The van der Waals surface area contributed by atoms with Crippen molar-refractivity contribution in [3.8, 4) is 0 Å². The maximum atomic E-state index is 13.4. The van der Waals surface area contributed by atoms with Crippen molar-refractivity contribution in [1.82, 2.24) is 10.3 Å². The van der Waals surface area contributed by atoms with Crippen LogP contribution in [0.1, 0.15) is 66.7 Å². The largest absolute Gasteiger partial charge is 0.481 e. The topological polar surface area (TPSA) is 108 Å². The first-order chi connectivity index (χ1) is 14.5. The van der Waals surface area contributed by atoms with Gasteiger partial charge in [0.25, 0.3) is 0 Å². The van der Waals surface area contributed by atoms with Crippen LogP contribution in [-0.4, -0.2) is 33.9 Å². The number of hydrogen-bond acceptors (Lipinski definition) is 4. The first kappa shape index (κ1) is 24.8. The molecule has 1 aromatic rings. The Bertz CT molecular complexity index is 752. The number of pyridine rings is 1. The van der Waals surface area contributed by atoms with Crippen LogP contribution in [0.3, 0.4) is 0 Å². The van der Waals surface area contributed by atoms with Gasteiger partial charge in [-0.1, -0.05) is 53.5 Å². The molecule has 3 atom stereocenters. The third-order valence-corrected chi connectivity index (χ3v) is 6.02. The van der Waals surface area contributed by atoms with E-state index in [9.17, 15) is 19.5 Å². The van der Waals surface area contributed by atoms with Gasteiger partial charge in [-0.3, -0.25) is 14.4 Å². The summed E-state index contributed by atoms with van der Waals surface area (Å²) in [6.45, 7) is 9.60. The van der Waals surface area contributed by atoms with Crippen molar-refractivity contribution in [3.63, 3.8) is 0 Å². The Balaban J connectivity index is 2.26. The quantitative estimate of drug-likeness (QED) is 0.545. The van der Waals surface area contributed by atoms with E-state index in [1.807, 2.05) is 34.6 Å². The van der Waals surface area contributed by atoms with E-state index < -0.39 is 29.3 Å². The van der Waals surface area contributed by atoms with Gasteiger partial charge in [-0.05, 0) is 48.6 Å². The molecule has 0 aromatic carbocycles. The van der Waals surface area contributed by atoms with Crippen molar-refractivity contribution in [2.45, 2.75) is 72.8 Å². The Kier molecular flexibility index (Phi) is 8.60. The summed E-state index contributed by atoms with van der Waals surface area (Å²) < 4.78 is 0. The van der Waals surface area contributed by atoms with E-state index in [4.69, 9.17) is 0 Å². The highest BCUT2D eigenvalue weighted by Crippen LogP contribution is 2.38. The monoisotopic (exact) mass is 431 g/mol. The maximum Gasteiger partial charge on any atom is 0.307 e. The van der Waals surface area contributed by atoms with Crippen LogP contribution in [0.25, 0.3) is 0 Å². The highest BCUT2D eigenvalue weighted by Gasteiger charge is 2.43. The Morgan fingerprint density at radius 3 is 2.26 bits per heavy atom. The summed E-state index contributed by atoms with van der Waals surface area (Å²) in [5.74, 6) is -2.48. The summed E-state index contributed by atoms with van der Waals surface area (Å²) in [6.07, 6.45) is 5.72. The number of carboxylic acid groups (broad SMARTS) is 1. The average molecular weight is 432 g/mol. The number of nitrogens with zero attached hydrogens (tertiary/aromatic N) is 1. The Labute approximate surface area is 185 Å². The SMILES string of the molecule is CC(C)CC(C(=O)NC(C(=O)Nc1ccccn1)C(C)(C)C)C(C(=O)O)C1CCCC1. The zero-order valence-corrected chi connectivity index (χ0v) is 19.4. The fourth-order valence-corrected chi connectivity index (χ4v) is 4.50. The second kappa shape index (κ2) is 10.7. The van der Waals surface area contributed by atoms with Crippen LogP contribution in [0.15, 0.2) is 24.4 Å². The fourth-order valence-electron chi connectivity index (χ4n) is 4.50. The summed E-state index contributed by atoms with van der Waals surface area (Å²) in [6, 6.07) is 4.38. The minimum atomic E-state index is -0.919. The van der Waals surface area contributed by atoms with Crippen molar-refractivity contribution < 1.29 is 19.5 Å². The lowest BCUT2D eigenvalue weighted by Gasteiger charge is -2.34. The van der Waals surface area contributed by atoms with Crippen molar-refractivity contribution in [2.75, 3.05) is 5.32 Å². The molecule has 1 aliphatic carbocycles. The van der Waals surface area contributed by atoms with Crippen LogP contribution >= 0.6 is 0 Å². The number of amides is 2. The number of carbonyl (C=O) groups is 3. The number of aliphatic carboxylic acids is 1. The van der Waals surface area contributed by atoms with E-state index in [0.717, 1.165) is 25.7 Å². The van der Waals surface area contributed by atoms with Crippen molar-refractivity contribution in [1.29, 1.82) is 0 Å². The molecule has 1 fully saturated rings. The third-order valence-electron chi connectivity index (χ3n) is 6.02. The van der Waals surface area contributed by atoms with Gasteiger partial charge in [-0.15, -0.1) is 0 Å². The minimum absolute atomic E-state index is 0.00225. The molecule has 31 heavy (non-hydrogen) atoms. The lowest BCUT2D eigenvalue weighted by molar-refractivity contribution is -0.150. The van der Waals surface area contributed by atoms with Gasteiger partial charge in [0.1, 0.15) is 11.9 Å². The second-order valence-corrected chi connectivity index (χ2v) is 10.2. The second-order valence-electron chi connectivity index (χ2n) is 10.2. The van der Waals surface area contributed by atoms with E-state index in [1.165, 1.54) is 0 Å². The summed E-state index contributed by atoms with van der Waals surface area (Å²) in [5.41, 5.74) is -0.566. The first-order valence-electron chi connectivity index (χ1n) is 11.3. The van der Waals surface area contributed by atoms with Crippen molar-refractivity contribution in [2.24, 2.45) is 29.1 Å². The smallest absolute Gasteiger partial charge is 0.307 e. The van der Waals surface area contributed by atoms with Gasteiger partial charge < -0.3 is 15.7 Å². The van der Waals surface area contributed by atoms with Gasteiger partial charge in [-0.25, -0.2) is 4.98 Å². The van der Waals surface area contributed by atoms with E-state index >= 15 is 0 Å². The van der Waals surface area contributed by atoms with E-state index in [-0.39, 0.29) is 23.7 Å². The number of anilines is 1. The molecule has 7 heteroatoms. The molecule has 0 saturated heterocycles. The number of nitrogens with one attached hydrogen (secondary N) is 2. The summed E-state index contributed by atoms with van der Waals surface area (Å²) in [4.78, 5) is 42.8. The van der Waals surface area contributed by atoms with Gasteiger partial charge in [0.2, 0.25) is 11.8 Å². The molecule has 7 nitrogen and oxygen atoms in total. The van der Waals surface area contributed by atoms with Crippen LogP contribution in [0, 0.1) is 29.1 Å². The van der Waals surface area contributed by atoms with Gasteiger partial charge in [-0.2, -0.15) is 0 Å². The lowest BCUT2D eigenvalue weighted by atomic mass is 9.75. The molecule has 3 N–H and O–H groups in total. The molecular formula is C24H37N3O4. The van der Waals surface area contributed by atoms with Crippen molar-refractivity contribution in [3.05, 3.63) is 24.4 Å². The molecular weight excluding hydrogens is 394 g/mol. The molecule has 0 bridgehead atoms. The van der Waals surface area contributed by atoms with E-state index in [1.54, 1.807) is 24.4 Å². The average Bonchev–Trinajstić information content (AvgIpc) is 3.18. The molecule has 1 aliphatic rings. The zero-order valence-electron chi connectivity index (χ0n) is 19.4. The molecule has 2 amide bonds. The highest BCUT2D eigenvalue weighted by atomic mass is 16.4. The molecule has 172 valence electrons. The standard InChI is InChI=1S/C24H37N3O4/c1-15(2)14-17(19(23(30)31)16-10-6-7-11-16)21(28)27-20(24(3,4)5)22(29)26-18-12-8-9-13-25-18/h8-9,12-13,15-17,19-20H,6-7,10-11,14H2,1-5H3,(H,27,28)(H,30,31)(H,25,26,29). The molecule has 3 unspecified atom stereocenters. The van der Waals surface area contributed by atoms with Crippen LogP contribution in [-0.2, 0) is 14.4 Å². The molecule has 2 rings (SSSR count). The number of hydrogen-bond donors (Lipinski definition) is 3. The van der Waals surface area contributed by atoms with E-state index in [2.05, 4.69) is 15.6 Å². The Morgan fingerprint density at radius 1 is 1.13 bits per heavy atom. The van der Waals surface area contributed by atoms with Crippen LogP contribution in [0.5, 0.6) is 0 Å². The number of carbonyl (C=O) groups excluding carboxylic acids is 2. The Morgan fingerprint density at radius 2 is 1.77 bits per heavy atom. The lowest BCUT2D eigenvalue weighted by Crippen LogP contribution is -2.54. The first-order valence-corrected chi connectivity index (χ1v) is 11.3. The molecule has 1 aromatic heterocycles. The summed E-state index contributed by atoms with van der Waals surface area (Å²) >= 11 is 0. The third kappa shape index (κ3) is 7.04. The fraction of sp³-hybridized carbons (Fsp3) is 0.667. The number of aromatic nitrogens is 1. The highest BCUT2D eigenvalue weighted by molar-refractivity contribution is 5.97. The van der Waals surface area contributed by atoms with Crippen molar-refractivity contribution >= 4 is 23.6 Å². The predicted octanol–water partition coefficient (Wildman–Crippen LogP) is 4.10. The normalized spacial score (nSPS) is 17.7. The van der Waals surface area contributed by atoms with E-state index in [0.29, 0.717) is 12.2 Å². The predicted molar refractivity (Wildman–Crippen MR) is 120 cm³/mol. The maximum absolute atomic E-state index is 13.4. The van der Waals surface area contributed by atoms with Gasteiger partial charge in [0.05, 0.1) is 11.8 Å².